The van der Waals surface area contributed by atoms with E-state index in [1.807, 2.05) is 0 Å². The van der Waals surface area contributed by atoms with E-state index in [4.69, 9.17) is 4.43 Å². The molecule has 2 heteroatoms. The largest absolute Gasteiger partial charge is 0.417 e. The van der Waals surface area contributed by atoms with Crippen LogP contribution >= 0.6 is 0 Å². The Labute approximate surface area is 123 Å². The third-order valence-electron chi connectivity index (χ3n) is 4.11. The number of rotatable bonds is 14. The third kappa shape index (κ3) is 9.67. The first-order valence-corrected chi connectivity index (χ1v) is 11.4. The maximum atomic E-state index is 6.58. The van der Waals surface area contributed by atoms with E-state index in [1.165, 1.54) is 75.9 Å². The van der Waals surface area contributed by atoms with Gasteiger partial charge in [0.05, 0.1) is 0 Å². The Morgan fingerprint density at radius 1 is 0.579 bits per heavy atom. The first-order chi connectivity index (χ1) is 9.24. The summed E-state index contributed by atoms with van der Waals surface area (Å²) in [6.07, 6.45) is 12.0. The summed E-state index contributed by atoms with van der Waals surface area (Å²) in [5.41, 5.74) is 0. The predicted octanol–water partition coefficient (Wildman–Crippen LogP) is 6.54. The Bertz CT molecular complexity index is 160. The lowest BCUT2D eigenvalue weighted by atomic mass is 10.3. The molecule has 0 heterocycles. The highest BCUT2D eigenvalue weighted by molar-refractivity contribution is 6.73. The smallest absolute Gasteiger partial charge is 0.192 e. The van der Waals surface area contributed by atoms with Crippen molar-refractivity contribution in [1.82, 2.24) is 0 Å². The number of unbranched alkanes of at least 4 members (excludes halogenated alkanes) is 5. The standard InChI is InChI=1S/C17H38OSi/c1-5-9-13-14-18-19(15-10-6-2,16-11-7-3)17-12-8-4/h5-17H2,1-4H3. The summed E-state index contributed by atoms with van der Waals surface area (Å²) < 4.78 is 6.58. The molecule has 0 saturated heterocycles. The van der Waals surface area contributed by atoms with Crippen molar-refractivity contribution in [3.63, 3.8) is 0 Å². The van der Waals surface area contributed by atoms with Gasteiger partial charge in [0.2, 0.25) is 0 Å². The molecule has 19 heavy (non-hydrogen) atoms. The Balaban J connectivity index is 4.38. The third-order valence-corrected chi connectivity index (χ3v) is 8.72. The van der Waals surface area contributed by atoms with Crippen LogP contribution in [0.15, 0.2) is 0 Å². The van der Waals surface area contributed by atoms with Crippen LogP contribution in [0.2, 0.25) is 18.1 Å². The van der Waals surface area contributed by atoms with Crippen molar-refractivity contribution in [2.45, 2.75) is 104 Å². The van der Waals surface area contributed by atoms with Gasteiger partial charge in [0.15, 0.2) is 8.32 Å². The molecule has 0 aliphatic heterocycles. The minimum Gasteiger partial charge on any atom is -0.417 e. The van der Waals surface area contributed by atoms with Gasteiger partial charge in [-0.3, -0.25) is 0 Å². The molecule has 0 aliphatic carbocycles. The van der Waals surface area contributed by atoms with Gasteiger partial charge in [-0.25, -0.2) is 0 Å². The fourth-order valence-electron chi connectivity index (χ4n) is 2.73. The topological polar surface area (TPSA) is 9.23 Å². The molecule has 0 amide bonds. The zero-order valence-corrected chi connectivity index (χ0v) is 15.1. The minimum atomic E-state index is -1.41. The Kier molecular flexibility index (Phi) is 13.3. The number of hydrogen-bond acceptors (Lipinski definition) is 1. The van der Waals surface area contributed by atoms with Crippen LogP contribution in [0.25, 0.3) is 0 Å². The Hall–Kier alpha value is 0.177. The molecule has 0 spiro atoms. The first-order valence-electron chi connectivity index (χ1n) is 8.88. The molecule has 0 aromatic carbocycles. The van der Waals surface area contributed by atoms with Gasteiger partial charge in [0.25, 0.3) is 0 Å². The highest BCUT2D eigenvalue weighted by atomic mass is 28.4. The van der Waals surface area contributed by atoms with Gasteiger partial charge in [0.1, 0.15) is 0 Å². The van der Waals surface area contributed by atoms with Gasteiger partial charge >= 0.3 is 0 Å². The Morgan fingerprint density at radius 2 is 1.00 bits per heavy atom. The zero-order valence-electron chi connectivity index (χ0n) is 14.1. The Morgan fingerprint density at radius 3 is 1.37 bits per heavy atom. The molecule has 0 rings (SSSR count). The lowest BCUT2D eigenvalue weighted by Gasteiger charge is -2.32. The monoisotopic (exact) mass is 286 g/mol. The van der Waals surface area contributed by atoms with Crippen LogP contribution in [0, 0.1) is 0 Å². The van der Waals surface area contributed by atoms with E-state index in [2.05, 4.69) is 27.7 Å². The van der Waals surface area contributed by atoms with Crippen LogP contribution < -0.4 is 0 Å². The van der Waals surface area contributed by atoms with Crippen LogP contribution in [-0.4, -0.2) is 14.9 Å². The fraction of sp³-hybridized carbons (Fsp3) is 1.00. The van der Waals surface area contributed by atoms with Gasteiger partial charge in [-0.15, -0.1) is 0 Å². The number of hydrogen-bond donors (Lipinski definition) is 0. The zero-order chi connectivity index (χ0) is 14.4. The summed E-state index contributed by atoms with van der Waals surface area (Å²) in [7, 11) is -1.41. The SMILES string of the molecule is CCCCCO[Si](CCCC)(CCCC)CCCC. The van der Waals surface area contributed by atoms with Crippen molar-refractivity contribution in [2.24, 2.45) is 0 Å². The second kappa shape index (κ2) is 13.2. The minimum absolute atomic E-state index is 1.04. The summed E-state index contributed by atoms with van der Waals surface area (Å²) in [6, 6.07) is 4.24. The van der Waals surface area contributed by atoms with Crippen LogP contribution in [-0.2, 0) is 4.43 Å². The molecule has 0 aromatic heterocycles. The van der Waals surface area contributed by atoms with E-state index in [0.29, 0.717) is 0 Å². The van der Waals surface area contributed by atoms with Crippen LogP contribution in [0.1, 0.15) is 85.5 Å². The van der Waals surface area contributed by atoms with Gasteiger partial charge in [0, 0.05) is 6.61 Å². The average molecular weight is 287 g/mol. The molecule has 0 radical (unpaired) electrons. The van der Waals surface area contributed by atoms with Gasteiger partial charge in [-0.05, 0) is 24.6 Å². The van der Waals surface area contributed by atoms with E-state index in [0.717, 1.165) is 6.61 Å². The molecule has 0 aromatic rings. The van der Waals surface area contributed by atoms with Crippen molar-refractivity contribution < 1.29 is 4.43 Å². The molecule has 0 unspecified atom stereocenters. The van der Waals surface area contributed by atoms with Crippen molar-refractivity contribution >= 4 is 8.32 Å². The molecular weight excluding hydrogens is 248 g/mol. The van der Waals surface area contributed by atoms with Crippen LogP contribution in [0.5, 0.6) is 0 Å². The second-order valence-corrected chi connectivity index (χ2v) is 10.2. The summed E-state index contributed by atoms with van der Waals surface area (Å²) in [5, 5.41) is 0. The molecular formula is C17H38OSi. The first kappa shape index (κ1) is 19.2. The van der Waals surface area contributed by atoms with Crippen molar-refractivity contribution in [2.75, 3.05) is 6.61 Å². The quantitative estimate of drug-likeness (QED) is 0.260. The molecule has 0 bridgehead atoms. The maximum Gasteiger partial charge on any atom is 0.192 e. The van der Waals surface area contributed by atoms with E-state index >= 15 is 0 Å². The second-order valence-electron chi connectivity index (χ2n) is 6.05. The van der Waals surface area contributed by atoms with E-state index < -0.39 is 8.32 Å². The molecule has 116 valence electrons. The van der Waals surface area contributed by atoms with Crippen molar-refractivity contribution in [3.05, 3.63) is 0 Å². The molecule has 0 aliphatic rings. The summed E-state index contributed by atoms with van der Waals surface area (Å²) >= 11 is 0. The predicted molar refractivity (Wildman–Crippen MR) is 90.4 cm³/mol. The average Bonchev–Trinajstić information content (AvgIpc) is 2.44. The lowest BCUT2D eigenvalue weighted by molar-refractivity contribution is 0.283. The summed E-state index contributed by atoms with van der Waals surface area (Å²) in [5.74, 6) is 0. The molecule has 0 saturated carbocycles. The van der Waals surface area contributed by atoms with E-state index in [9.17, 15) is 0 Å². The fourth-order valence-corrected chi connectivity index (χ4v) is 7.48. The van der Waals surface area contributed by atoms with Gasteiger partial charge in [-0.2, -0.15) is 0 Å². The molecule has 0 atom stereocenters. The van der Waals surface area contributed by atoms with Crippen molar-refractivity contribution in [3.8, 4) is 0 Å². The van der Waals surface area contributed by atoms with E-state index in [1.54, 1.807) is 0 Å². The maximum absolute atomic E-state index is 6.58. The molecule has 0 N–H and O–H groups in total. The summed E-state index contributed by atoms with van der Waals surface area (Å²) in [4.78, 5) is 0. The highest BCUT2D eigenvalue weighted by Gasteiger charge is 2.32. The van der Waals surface area contributed by atoms with Crippen LogP contribution in [0.3, 0.4) is 0 Å². The van der Waals surface area contributed by atoms with Crippen LogP contribution in [0.4, 0.5) is 0 Å². The highest BCUT2D eigenvalue weighted by Crippen LogP contribution is 2.29. The van der Waals surface area contributed by atoms with Gasteiger partial charge in [-0.1, -0.05) is 79.1 Å². The van der Waals surface area contributed by atoms with Crippen molar-refractivity contribution in [1.29, 1.82) is 0 Å². The normalized spacial score (nSPS) is 12.0. The summed E-state index contributed by atoms with van der Waals surface area (Å²) in [6.45, 7) is 10.3. The lowest BCUT2D eigenvalue weighted by Crippen LogP contribution is -2.38. The van der Waals surface area contributed by atoms with Gasteiger partial charge < -0.3 is 4.43 Å². The molecule has 0 fully saturated rings. The van der Waals surface area contributed by atoms with E-state index in [-0.39, 0.29) is 0 Å². The molecule has 1 nitrogen and oxygen atoms in total.